The standard InChI is InChI=1S/C24H28N2O4/c1-5-29-12-13-30-21-14-16(10-11-19(21)24(2,3)4)26-23(28)18-15-25-20-9-7-6-8-17(20)22(18)27/h6-11,14-15H,5,12-13H2,1-4H3,(H,25,27)(H,26,28). The lowest BCUT2D eigenvalue weighted by molar-refractivity contribution is 0.102. The van der Waals surface area contributed by atoms with Crippen LogP contribution in [0.25, 0.3) is 10.9 Å². The van der Waals surface area contributed by atoms with E-state index in [9.17, 15) is 9.59 Å². The molecule has 0 radical (unpaired) electrons. The van der Waals surface area contributed by atoms with Crippen molar-refractivity contribution in [1.29, 1.82) is 0 Å². The molecule has 0 aliphatic rings. The first kappa shape index (κ1) is 21.6. The number of pyridine rings is 1. The number of carbonyl (C=O) groups is 1. The second-order valence-electron chi connectivity index (χ2n) is 8.04. The summed E-state index contributed by atoms with van der Waals surface area (Å²) in [6.07, 6.45) is 1.45. The van der Waals surface area contributed by atoms with Gasteiger partial charge in [0.05, 0.1) is 6.61 Å². The molecular formula is C24H28N2O4. The minimum absolute atomic E-state index is 0.0624. The van der Waals surface area contributed by atoms with Gasteiger partial charge in [-0.15, -0.1) is 0 Å². The number of para-hydroxylation sites is 1. The molecule has 1 heterocycles. The molecule has 30 heavy (non-hydrogen) atoms. The van der Waals surface area contributed by atoms with Crippen LogP contribution in [0.2, 0.25) is 0 Å². The van der Waals surface area contributed by atoms with Crippen LogP contribution in [0.5, 0.6) is 5.75 Å². The maximum absolute atomic E-state index is 12.8. The van der Waals surface area contributed by atoms with Gasteiger partial charge in [-0.05, 0) is 36.1 Å². The van der Waals surface area contributed by atoms with Gasteiger partial charge in [-0.1, -0.05) is 39.0 Å². The van der Waals surface area contributed by atoms with Crippen LogP contribution in [-0.4, -0.2) is 30.7 Å². The third-order valence-corrected chi connectivity index (χ3v) is 4.77. The number of nitrogens with one attached hydrogen (secondary N) is 2. The number of aromatic amines is 1. The van der Waals surface area contributed by atoms with Crippen molar-refractivity contribution in [3.63, 3.8) is 0 Å². The number of benzene rings is 2. The number of ether oxygens (including phenoxy) is 2. The highest BCUT2D eigenvalue weighted by Gasteiger charge is 2.20. The fourth-order valence-electron chi connectivity index (χ4n) is 3.23. The smallest absolute Gasteiger partial charge is 0.261 e. The van der Waals surface area contributed by atoms with E-state index in [0.29, 0.717) is 42.2 Å². The predicted molar refractivity (Wildman–Crippen MR) is 120 cm³/mol. The first-order valence-electron chi connectivity index (χ1n) is 10.1. The Balaban J connectivity index is 1.86. The third-order valence-electron chi connectivity index (χ3n) is 4.77. The Labute approximate surface area is 176 Å². The summed E-state index contributed by atoms with van der Waals surface area (Å²) >= 11 is 0. The van der Waals surface area contributed by atoms with Crippen molar-refractivity contribution in [2.45, 2.75) is 33.1 Å². The normalized spacial score (nSPS) is 11.5. The van der Waals surface area contributed by atoms with Crippen LogP contribution in [0.4, 0.5) is 5.69 Å². The Morgan fingerprint density at radius 1 is 1.10 bits per heavy atom. The number of fused-ring (bicyclic) bond motifs is 1. The molecule has 6 nitrogen and oxygen atoms in total. The molecule has 0 unspecified atom stereocenters. The van der Waals surface area contributed by atoms with Crippen LogP contribution in [0.15, 0.2) is 53.5 Å². The molecule has 6 heteroatoms. The maximum atomic E-state index is 12.8. The van der Waals surface area contributed by atoms with Gasteiger partial charge in [-0.25, -0.2) is 0 Å². The Bertz CT molecular complexity index is 1100. The van der Waals surface area contributed by atoms with Gasteiger partial charge < -0.3 is 19.8 Å². The van der Waals surface area contributed by atoms with E-state index in [1.165, 1.54) is 6.20 Å². The van der Waals surface area contributed by atoms with Crippen molar-refractivity contribution in [3.05, 3.63) is 70.0 Å². The molecule has 0 aliphatic carbocycles. The highest BCUT2D eigenvalue weighted by Crippen LogP contribution is 2.33. The zero-order chi connectivity index (χ0) is 21.7. The van der Waals surface area contributed by atoms with Crippen LogP contribution in [0, 0.1) is 0 Å². The van der Waals surface area contributed by atoms with E-state index in [1.807, 2.05) is 25.1 Å². The van der Waals surface area contributed by atoms with E-state index in [-0.39, 0.29) is 16.4 Å². The van der Waals surface area contributed by atoms with Gasteiger partial charge in [0.15, 0.2) is 0 Å². The Morgan fingerprint density at radius 2 is 1.87 bits per heavy atom. The number of H-pyrrole nitrogens is 1. The molecule has 158 valence electrons. The summed E-state index contributed by atoms with van der Waals surface area (Å²) in [4.78, 5) is 28.5. The van der Waals surface area contributed by atoms with Crippen LogP contribution >= 0.6 is 0 Å². The molecule has 3 aromatic rings. The van der Waals surface area contributed by atoms with E-state index in [1.54, 1.807) is 24.3 Å². The largest absolute Gasteiger partial charge is 0.491 e. The minimum atomic E-state index is -0.467. The molecule has 0 spiro atoms. The molecule has 2 aromatic carbocycles. The highest BCUT2D eigenvalue weighted by molar-refractivity contribution is 6.05. The van der Waals surface area contributed by atoms with Crippen molar-refractivity contribution in [2.24, 2.45) is 0 Å². The van der Waals surface area contributed by atoms with Crippen LogP contribution in [0.1, 0.15) is 43.6 Å². The molecule has 0 bridgehead atoms. The second kappa shape index (κ2) is 9.13. The molecule has 0 aliphatic heterocycles. The summed E-state index contributed by atoms with van der Waals surface area (Å²) in [6.45, 7) is 9.78. The highest BCUT2D eigenvalue weighted by atomic mass is 16.5. The van der Waals surface area contributed by atoms with E-state index < -0.39 is 5.91 Å². The maximum Gasteiger partial charge on any atom is 0.261 e. The van der Waals surface area contributed by atoms with Crippen molar-refractivity contribution in [1.82, 2.24) is 4.98 Å². The fourth-order valence-corrected chi connectivity index (χ4v) is 3.23. The molecule has 3 rings (SSSR count). The van der Waals surface area contributed by atoms with Gasteiger partial charge in [-0.2, -0.15) is 0 Å². The summed E-state index contributed by atoms with van der Waals surface area (Å²) in [7, 11) is 0. The van der Waals surface area contributed by atoms with Crippen LogP contribution < -0.4 is 15.5 Å². The summed E-state index contributed by atoms with van der Waals surface area (Å²) in [5.74, 6) is 0.221. The molecule has 0 saturated heterocycles. The topological polar surface area (TPSA) is 80.4 Å². The van der Waals surface area contributed by atoms with Crippen molar-refractivity contribution in [2.75, 3.05) is 25.1 Å². The Kier molecular flexibility index (Phi) is 6.57. The molecule has 0 fully saturated rings. The van der Waals surface area contributed by atoms with Gasteiger partial charge in [-0.3, -0.25) is 9.59 Å². The van der Waals surface area contributed by atoms with E-state index in [4.69, 9.17) is 9.47 Å². The average molecular weight is 408 g/mol. The lowest BCUT2D eigenvalue weighted by Gasteiger charge is -2.23. The number of hydrogen-bond acceptors (Lipinski definition) is 4. The molecule has 1 aromatic heterocycles. The lowest BCUT2D eigenvalue weighted by atomic mass is 9.86. The van der Waals surface area contributed by atoms with Crippen molar-refractivity contribution < 1.29 is 14.3 Å². The van der Waals surface area contributed by atoms with Crippen molar-refractivity contribution >= 4 is 22.5 Å². The summed E-state index contributed by atoms with van der Waals surface area (Å²) in [5.41, 5.74) is 1.92. The van der Waals surface area contributed by atoms with Gasteiger partial charge in [0.1, 0.15) is 17.9 Å². The van der Waals surface area contributed by atoms with Gasteiger partial charge in [0, 0.05) is 35.5 Å². The number of hydrogen-bond donors (Lipinski definition) is 2. The van der Waals surface area contributed by atoms with Gasteiger partial charge in [0.2, 0.25) is 5.43 Å². The number of carbonyl (C=O) groups excluding carboxylic acids is 1. The lowest BCUT2D eigenvalue weighted by Crippen LogP contribution is -2.22. The summed E-state index contributed by atoms with van der Waals surface area (Å²) in [5, 5.41) is 3.29. The number of rotatable bonds is 7. The van der Waals surface area contributed by atoms with Gasteiger partial charge >= 0.3 is 0 Å². The summed E-state index contributed by atoms with van der Waals surface area (Å²) in [6, 6.07) is 12.7. The van der Waals surface area contributed by atoms with E-state index in [2.05, 4.69) is 31.1 Å². The zero-order valence-corrected chi connectivity index (χ0v) is 17.9. The fraction of sp³-hybridized carbons (Fsp3) is 0.333. The first-order chi connectivity index (χ1) is 14.3. The monoisotopic (exact) mass is 408 g/mol. The molecular weight excluding hydrogens is 380 g/mol. The molecule has 2 N–H and O–H groups in total. The Hall–Kier alpha value is -3.12. The Morgan fingerprint density at radius 3 is 2.60 bits per heavy atom. The molecule has 0 atom stereocenters. The second-order valence-corrected chi connectivity index (χ2v) is 8.04. The quantitative estimate of drug-likeness (QED) is 0.565. The van der Waals surface area contributed by atoms with Crippen molar-refractivity contribution in [3.8, 4) is 5.75 Å². The summed E-state index contributed by atoms with van der Waals surface area (Å²) < 4.78 is 11.3. The third kappa shape index (κ3) is 4.89. The first-order valence-corrected chi connectivity index (χ1v) is 10.1. The van der Waals surface area contributed by atoms with E-state index >= 15 is 0 Å². The molecule has 1 amide bonds. The van der Waals surface area contributed by atoms with Crippen LogP contribution in [0.3, 0.4) is 0 Å². The number of amides is 1. The zero-order valence-electron chi connectivity index (χ0n) is 17.9. The number of aromatic nitrogens is 1. The number of anilines is 1. The predicted octanol–water partition coefficient (Wildman–Crippen LogP) is 4.49. The average Bonchev–Trinajstić information content (AvgIpc) is 2.71. The van der Waals surface area contributed by atoms with Gasteiger partial charge in [0.25, 0.3) is 5.91 Å². The molecule has 0 saturated carbocycles. The van der Waals surface area contributed by atoms with Crippen LogP contribution in [-0.2, 0) is 10.2 Å². The van der Waals surface area contributed by atoms with E-state index in [0.717, 1.165) is 5.56 Å². The minimum Gasteiger partial charge on any atom is -0.491 e. The SMILES string of the molecule is CCOCCOc1cc(NC(=O)c2c[nH]c3ccccc3c2=O)ccc1C(C)(C)C.